The molecule has 3 atom stereocenters. The maximum absolute atomic E-state index is 12.5. The van der Waals surface area contributed by atoms with Crippen LogP contribution < -0.4 is 25.6 Å². The largest absolute Gasteiger partial charge is 0.493 e. The molecule has 1 fully saturated rings. The van der Waals surface area contributed by atoms with E-state index >= 15 is 0 Å². The normalized spacial score (nSPS) is 21.2. The highest BCUT2D eigenvalue weighted by molar-refractivity contribution is 5.86. The van der Waals surface area contributed by atoms with Crippen molar-refractivity contribution in [1.82, 2.24) is 16.2 Å². The molecule has 0 radical (unpaired) electrons. The number of amides is 1. The highest BCUT2D eigenvalue weighted by Gasteiger charge is 2.32. The first-order valence-corrected chi connectivity index (χ1v) is 8.03. The standard InChI is InChI=1S/C17H25N3O4/c1-5-12(11-6-7-15(23-3)16(8-11)24-4)18-17(22)14-9-13(10(2)21)19-20-14/h6-8,12-14,19-20H,5,9H2,1-4H3,(H,18,22). The number of carbonyl (C=O) groups is 2. The van der Waals surface area contributed by atoms with E-state index < -0.39 is 6.04 Å². The van der Waals surface area contributed by atoms with Crippen molar-refractivity contribution < 1.29 is 19.1 Å². The summed E-state index contributed by atoms with van der Waals surface area (Å²) in [4.78, 5) is 23.8. The van der Waals surface area contributed by atoms with Crippen LogP contribution in [0, 0.1) is 0 Å². The molecular formula is C17H25N3O4. The summed E-state index contributed by atoms with van der Waals surface area (Å²) in [6.07, 6.45) is 1.18. The predicted molar refractivity (Wildman–Crippen MR) is 89.9 cm³/mol. The molecule has 24 heavy (non-hydrogen) atoms. The number of carbonyl (C=O) groups excluding carboxylic acids is 2. The first-order chi connectivity index (χ1) is 11.5. The van der Waals surface area contributed by atoms with Crippen LogP contribution in [-0.4, -0.2) is 38.0 Å². The second-order valence-electron chi connectivity index (χ2n) is 5.82. The topological polar surface area (TPSA) is 88.7 Å². The number of benzene rings is 1. The number of ether oxygens (including phenoxy) is 2. The monoisotopic (exact) mass is 335 g/mol. The lowest BCUT2D eigenvalue weighted by atomic mass is 10.0. The highest BCUT2D eigenvalue weighted by Crippen LogP contribution is 2.30. The summed E-state index contributed by atoms with van der Waals surface area (Å²) in [5.74, 6) is 1.16. The molecular weight excluding hydrogens is 310 g/mol. The number of methoxy groups -OCH3 is 2. The first kappa shape index (κ1) is 18.2. The third-order valence-electron chi connectivity index (χ3n) is 4.25. The van der Waals surface area contributed by atoms with Crippen LogP contribution in [0.3, 0.4) is 0 Å². The Morgan fingerprint density at radius 2 is 1.88 bits per heavy atom. The van der Waals surface area contributed by atoms with Gasteiger partial charge in [-0.05, 0) is 37.5 Å². The fourth-order valence-corrected chi connectivity index (χ4v) is 2.76. The zero-order valence-corrected chi connectivity index (χ0v) is 14.5. The average molecular weight is 335 g/mol. The number of hydrogen-bond acceptors (Lipinski definition) is 6. The van der Waals surface area contributed by atoms with Crippen molar-refractivity contribution in [1.29, 1.82) is 0 Å². The minimum absolute atomic E-state index is 0.0183. The highest BCUT2D eigenvalue weighted by atomic mass is 16.5. The van der Waals surface area contributed by atoms with E-state index in [4.69, 9.17) is 9.47 Å². The Bertz CT molecular complexity index is 605. The second-order valence-corrected chi connectivity index (χ2v) is 5.82. The fourth-order valence-electron chi connectivity index (χ4n) is 2.76. The molecule has 0 spiro atoms. The zero-order chi connectivity index (χ0) is 17.7. The van der Waals surface area contributed by atoms with Crippen LogP contribution in [0.15, 0.2) is 18.2 Å². The molecule has 3 unspecified atom stereocenters. The summed E-state index contributed by atoms with van der Waals surface area (Å²) in [7, 11) is 3.16. The molecule has 2 rings (SSSR count). The van der Waals surface area contributed by atoms with Crippen molar-refractivity contribution in [2.24, 2.45) is 0 Å². The summed E-state index contributed by atoms with van der Waals surface area (Å²) in [5.41, 5.74) is 6.68. The van der Waals surface area contributed by atoms with Gasteiger partial charge in [0.25, 0.3) is 0 Å². The summed E-state index contributed by atoms with van der Waals surface area (Å²) < 4.78 is 10.6. The summed E-state index contributed by atoms with van der Waals surface area (Å²) in [6, 6.07) is 4.72. The van der Waals surface area contributed by atoms with Gasteiger partial charge in [-0.2, -0.15) is 0 Å². The summed E-state index contributed by atoms with van der Waals surface area (Å²) in [5, 5.41) is 3.02. The third kappa shape index (κ3) is 4.04. The Balaban J connectivity index is 2.06. The molecule has 7 nitrogen and oxygen atoms in total. The van der Waals surface area contributed by atoms with Crippen molar-refractivity contribution in [3.63, 3.8) is 0 Å². The smallest absolute Gasteiger partial charge is 0.239 e. The molecule has 0 bridgehead atoms. The minimum atomic E-state index is -0.423. The lowest BCUT2D eigenvalue weighted by Crippen LogP contribution is -2.44. The average Bonchev–Trinajstić information content (AvgIpc) is 3.09. The molecule has 1 aliphatic rings. The van der Waals surface area contributed by atoms with Crippen LogP contribution in [0.25, 0.3) is 0 Å². The summed E-state index contributed by atoms with van der Waals surface area (Å²) in [6.45, 7) is 3.51. The van der Waals surface area contributed by atoms with Crippen LogP contribution in [0.5, 0.6) is 11.5 Å². The van der Waals surface area contributed by atoms with Crippen LogP contribution in [0.1, 0.15) is 38.3 Å². The number of hydrazine groups is 1. The lowest BCUT2D eigenvalue weighted by Gasteiger charge is -2.21. The van der Waals surface area contributed by atoms with Crippen LogP contribution in [0.2, 0.25) is 0 Å². The number of Topliss-reactive ketones (excluding diaryl/α,β-unsaturated/α-hetero) is 1. The van der Waals surface area contributed by atoms with Gasteiger partial charge in [0.1, 0.15) is 11.8 Å². The van der Waals surface area contributed by atoms with E-state index in [2.05, 4.69) is 16.2 Å². The number of hydrogen-bond donors (Lipinski definition) is 3. The van der Waals surface area contributed by atoms with Gasteiger partial charge in [0.2, 0.25) is 5.91 Å². The van der Waals surface area contributed by atoms with Crippen LogP contribution >= 0.6 is 0 Å². The van der Waals surface area contributed by atoms with E-state index in [1.807, 2.05) is 25.1 Å². The molecule has 1 aliphatic heterocycles. The predicted octanol–water partition coefficient (Wildman–Crippen LogP) is 1.10. The van der Waals surface area contributed by atoms with Gasteiger partial charge in [-0.1, -0.05) is 13.0 Å². The quantitative estimate of drug-likeness (QED) is 0.691. The molecule has 1 heterocycles. The SMILES string of the molecule is CCC(NC(=O)C1CC(C(C)=O)NN1)c1ccc(OC)c(OC)c1. The maximum atomic E-state index is 12.5. The van der Waals surface area contributed by atoms with Crippen LogP contribution in [0.4, 0.5) is 0 Å². The molecule has 0 saturated carbocycles. The third-order valence-corrected chi connectivity index (χ3v) is 4.25. The lowest BCUT2D eigenvalue weighted by molar-refractivity contribution is -0.123. The molecule has 7 heteroatoms. The Hall–Kier alpha value is -2.12. The fraction of sp³-hybridized carbons (Fsp3) is 0.529. The van der Waals surface area contributed by atoms with E-state index in [-0.39, 0.29) is 23.8 Å². The van der Waals surface area contributed by atoms with Crippen molar-refractivity contribution >= 4 is 11.7 Å². The van der Waals surface area contributed by atoms with E-state index in [1.54, 1.807) is 14.2 Å². The number of nitrogens with one attached hydrogen (secondary N) is 3. The molecule has 3 N–H and O–H groups in total. The van der Waals surface area contributed by atoms with Crippen molar-refractivity contribution in [3.8, 4) is 11.5 Å². The molecule has 1 aromatic rings. The molecule has 1 amide bonds. The van der Waals surface area contributed by atoms with E-state index in [0.29, 0.717) is 17.9 Å². The number of rotatable bonds is 7. The molecule has 1 saturated heterocycles. The number of ketones is 1. The molecule has 132 valence electrons. The molecule has 0 aromatic heterocycles. The van der Waals surface area contributed by atoms with Gasteiger partial charge in [-0.15, -0.1) is 0 Å². The van der Waals surface area contributed by atoms with Crippen LogP contribution in [-0.2, 0) is 9.59 Å². The van der Waals surface area contributed by atoms with Crippen molar-refractivity contribution in [2.75, 3.05) is 14.2 Å². The second kappa shape index (κ2) is 8.12. The van der Waals surface area contributed by atoms with Gasteiger partial charge < -0.3 is 14.8 Å². The van der Waals surface area contributed by atoms with E-state index in [9.17, 15) is 9.59 Å². The van der Waals surface area contributed by atoms with Gasteiger partial charge >= 0.3 is 0 Å². The van der Waals surface area contributed by atoms with Gasteiger partial charge in [0.05, 0.1) is 26.3 Å². The van der Waals surface area contributed by atoms with Crippen molar-refractivity contribution in [2.45, 2.75) is 44.8 Å². The van der Waals surface area contributed by atoms with Crippen molar-refractivity contribution in [3.05, 3.63) is 23.8 Å². The van der Waals surface area contributed by atoms with Gasteiger partial charge in [-0.25, -0.2) is 10.9 Å². The maximum Gasteiger partial charge on any atom is 0.239 e. The van der Waals surface area contributed by atoms with Gasteiger partial charge in [0.15, 0.2) is 11.5 Å². The van der Waals surface area contributed by atoms with Gasteiger partial charge in [-0.3, -0.25) is 9.59 Å². The van der Waals surface area contributed by atoms with E-state index in [0.717, 1.165) is 12.0 Å². The zero-order valence-electron chi connectivity index (χ0n) is 14.5. The minimum Gasteiger partial charge on any atom is -0.493 e. The van der Waals surface area contributed by atoms with E-state index in [1.165, 1.54) is 6.92 Å². The molecule has 1 aromatic carbocycles. The Morgan fingerprint density at radius 3 is 2.42 bits per heavy atom. The molecule has 0 aliphatic carbocycles. The Labute approximate surface area is 142 Å². The van der Waals surface area contributed by atoms with Gasteiger partial charge in [0, 0.05) is 0 Å². The Morgan fingerprint density at radius 1 is 1.21 bits per heavy atom. The summed E-state index contributed by atoms with van der Waals surface area (Å²) >= 11 is 0. The Kier molecular flexibility index (Phi) is 6.16. The first-order valence-electron chi connectivity index (χ1n) is 8.03.